The fraction of sp³-hybridized carbons (Fsp3) is 0.440. The van der Waals surface area contributed by atoms with E-state index in [2.05, 4.69) is 45.2 Å². The average molecular weight is 446 g/mol. The molecule has 0 bridgehead atoms. The third kappa shape index (κ3) is 3.73. The number of fused-ring (bicyclic) bond motifs is 2. The molecule has 1 aliphatic rings. The van der Waals surface area contributed by atoms with E-state index in [1.165, 1.54) is 12.8 Å². The second kappa shape index (κ2) is 8.17. The maximum atomic E-state index is 13.3. The number of hydrogen-bond donors (Lipinski definition) is 1. The summed E-state index contributed by atoms with van der Waals surface area (Å²) in [6, 6.07) is 3.97. The third-order valence-electron chi connectivity index (χ3n) is 6.95. The lowest BCUT2D eigenvalue weighted by Crippen LogP contribution is -2.20. The Morgan fingerprint density at radius 1 is 1.06 bits per heavy atom. The highest BCUT2D eigenvalue weighted by Gasteiger charge is 2.31. The van der Waals surface area contributed by atoms with Crippen LogP contribution < -0.4 is 10.2 Å². The number of anilines is 2. The van der Waals surface area contributed by atoms with Crippen LogP contribution in [0.15, 0.2) is 30.7 Å². The zero-order valence-electron chi connectivity index (χ0n) is 20.0. The molecule has 0 spiro atoms. The van der Waals surface area contributed by atoms with Gasteiger partial charge in [0, 0.05) is 43.6 Å². The molecule has 3 aromatic heterocycles. The first-order chi connectivity index (χ1) is 15.9. The third-order valence-corrected chi connectivity index (χ3v) is 6.95. The molecule has 5 rings (SSSR count). The lowest BCUT2D eigenvalue weighted by atomic mass is 9.92. The fourth-order valence-electron chi connectivity index (χ4n) is 5.27. The summed E-state index contributed by atoms with van der Waals surface area (Å²) in [6.45, 7) is 10.5. The summed E-state index contributed by atoms with van der Waals surface area (Å²) >= 11 is 0. The van der Waals surface area contributed by atoms with Gasteiger partial charge in [-0.15, -0.1) is 0 Å². The summed E-state index contributed by atoms with van der Waals surface area (Å²) < 4.78 is 3.69. The van der Waals surface area contributed by atoms with Crippen molar-refractivity contribution in [2.75, 3.05) is 23.3 Å². The van der Waals surface area contributed by atoms with Crippen molar-refractivity contribution in [2.45, 2.75) is 40.5 Å². The Bertz CT molecular complexity index is 1340. The lowest BCUT2D eigenvalue weighted by molar-refractivity contribution is 0.102. The Morgan fingerprint density at radius 3 is 2.48 bits per heavy atom. The number of carbonyl (C=O) groups is 1. The standard InChI is InChI=1S/C25H31N7O/c1-6-17-11-31(12-18(17)7-2)21-9-8-19(23-20(21)13-30(5)29-23)25(33)28-22-14-32-10-15(3)26-16(4)24(32)27-22/h8-10,13-14,17-18H,6-7,11-12H2,1-5H3,(H,28,33). The highest BCUT2D eigenvalue weighted by Crippen LogP contribution is 2.36. The van der Waals surface area contributed by atoms with Gasteiger partial charge < -0.3 is 14.6 Å². The van der Waals surface area contributed by atoms with Gasteiger partial charge in [0.1, 0.15) is 5.52 Å². The van der Waals surface area contributed by atoms with Crippen molar-refractivity contribution >= 4 is 34.0 Å². The van der Waals surface area contributed by atoms with Crippen molar-refractivity contribution in [1.29, 1.82) is 0 Å². The van der Waals surface area contributed by atoms with Gasteiger partial charge in [-0.05, 0) is 37.8 Å². The molecule has 1 N–H and O–H groups in total. The van der Waals surface area contributed by atoms with E-state index >= 15 is 0 Å². The summed E-state index contributed by atoms with van der Waals surface area (Å²) in [5.74, 6) is 1.71. The van der Waals surface area contributed by atoms with Crippen LogP contribution >= 0.6 is 0 Å². The maximum absolute atomic E-state index is 13.3. The Labute approximate surface area is 193 Å². The minimum absolute atomic E-state index is 0.213. The van der Waals surface area contributed by atoms with E-state index in [0.29, 0.717) is 23.2 Å². The molecule has 1 fully saturated rings. The molecule has 2 atom stereocenters. The number of benzene rings is 1. The first-order valence-corrected chi connectivity index (χ1v) is 11.7. The van der Waals surface area contributed by atoms with Crippen LogP contribution in [0, 0.1) is 25.7 Å². The van der Waals surface area contributed by atoms with Crippen LogP contribution in [0.5, 0.6) is 0 Å². The van der Waals surface area contributed by atoms with Crippen LogP contribution in [0.25, 0.3) is 16.6 Å². The van der Waals surface area contributed by atoms with E-state index in [1.54, 1.807) is 4.68 Å². The molecule has 4 heterocycles. The number of imidazole rings is 1. The number of aryl methyl sites for hydroxylation is 3. The fourth-order valence-corrected chi connectivity index (χ4v) is 5.27. The molecule has 8 nitrogen and oxygen atoms in total. The second-order valence-electron chi connectivity index (χ2n) is 9.22. The van der Waals surface area contributed by atoms with Crippen LogP contribution in [0.1, 0.15) is 48.4 Å². The monoisotopic (exact) mass is 445 g/mol. The van der Waals surface area contributed by atoms with Crippen LogP contribution in [0.2, 0.25) is 0 Å². The zero-order chi connectivity index (χ0) is 23.3. The number of carbonyl (C=O) groups excluding carboxylic acids is 1. The van der Waals surface area contributed by atoms with E-state index in [9.17, 15) is 4.79 Å². The van der Waals surface area contributed by atoms with Crippen LogP contribution in [0.4, 0.5) is 11.5 Å². The van der Waals surface area contributed by atoms with Crippen molar-refractivity contribution in [3.8, 4) is 0 Å². The van der Waals surface area contributed by atoms with Gasteiger partial charge in [0.2, 0.25) is 0 Å². The number of hydrogen-bond acceptors (Lipinski definition) is 5. The molecule has 1 aliphatic heterocycles. The Kier molecular flexibility index (Phi) is 5.31. The van der Waals surface area contributed by atoms with Crippen molar-refractivity contribution in [1.82, 2.24) is 24.1 Å². The first-order valence-electron chi connectivity index (χ1n) is 11.7. The Balaban J connectivity index is 1.47. The number of nitrogens with one attached hydrogen (secondary N) is 1. The summed E-state index contributed by atoms with van der Waals surface area (Å²) in [6.07, 6.45) is 8.13. The molecule has 1 aromatic carbocycles. The molecule has 33 heavy (non-hydrogen) atoms. The minimum atomic E-state index is -0.213. The molecule has 172 valence electrons. The molecule has 1 amide bonds. The SMILES string of the molecule is CCC1CN(c2ccc(C(=O)Nc3cn4cc(C)nc(C)c4n3)c3nn(C)cc23)CC1CC. The van der Waals surface area contributed by atoms with Crippen LogP contribution in [0.3, 0.4) is 0 Å². The highest BCUT2D eigenvalue weighted by molar-refractivity contribution is 6.13. The normalized spacial score (nSPS) is 18.5. The molecule has 2 unspecified atom stereocenters. The van der Waals surface area contributed by atoms with Gasteiger partial charge in [0.05, 0.1) is 23.1 Å². The van der Waals surface area contributed by atoms with Crippen molar-refractivity contribution in [3.63, 3.8) is 0 Å². The highest BCUT2D eigenvalue weighted by atomic mass is 16.1. The predicted molar refractivity (Wildman–Crippen MR) is 131 cm³/mol. The summed E-state index contributed by atoms with van der Waals surface area (Å²) in [4.78, 5) is 24.7. The lowest BCUT2D eigenvalue weighted by Gasteiger charge is -2.20. The van der Waals surface area contributed by atoms with Gasteiger partial charge in [-0.1, -0.05) is 26.7 Å². The van der Waals surface area contributed by atoms with Crippen molar-refractivity contribution in [3.05, 3.63) is 47.7 Å². The summed E-state index contributed by atoms with van der Waals surface area (Å²) in [5, 5.41) is 8.62. The number of rotatable bonds is 5. The van der Waals surface area contributed by atoms with Crippen LogP contribution in [-0.4, -0.2) is 43.1 Å². The molecule has 4 aromatic rings. The molecular formula is C25H31N7O. The van der Waals surface area contributed by atoms with E-state index in [0.717, 1.165) is 46.7 Å². The van der Waals surface area contributed by atoms with Gasteiger partial charge in [0.25, 0.3) is 5.91 Å². The van der Waals surface area contributed by atoms with Gasteiger partial charge in [0.15, 0.2) is 11.5 Å². The van der Waals surface area contributed by atoms with E-state index in [-0.39, 0.29) is 5.91 Å². The van der Waals surface area contributed by atoms with Gasteiger partial charge in [-0.3, -0.25) is 14.5 Å². The molecule has 1 saturated heterocycles. The smallest absolute Gasteiger partial charge is 0.259 e. The number of nitrogens with zero attached hydrogens (tertiary/aromatic N) is 6. The molecule has 0 saturated carbocycles. The summed E-state index contributed by atoms with van der Waals surface area (Å²) in [7, 11) is 1.90. The molecule has 8 heteroatoms. The van der Waals surface area contributed by atoms with Crippen molar-refractivity contribution < 1.29 is 4.79 Å². The number of aromatic nitrogens is 5. The minimum Gasteiger partial charge on any atom is -0.370 e. The first kappa shape index (κ1) is 21.4. The van der Waals surface area contributed by atoms with Crippen LogP contribution in [-0.2, 0) is 7.05 Å². The predicted octanol–water partition coefficient (Wildman–Crippen LogP) is 4.36. The molecule has 0 aliphatic carbocycles. The topological polar surface area (TPSA) is 80.3 Å². The van der Waals surface area contributed by atoms with Crippen molar-refractivity contribution in [2.24, 2.45) is 18.9 Å². The zero-order valence-corrected chi connectivity index (χ0v) is 20.0. The van der Waals surface area contributed by atoms with E-state index in [4.69, 9.17) is 0 Å². The Morgan fingerprint density at radius 2 is 1.79 bits per heavy atom. The van der Waals surface area contributed by atoms with E-state index in [1.807, 2.05) is 50.0 Å². The molecular weight excluding hydrogens is 414 g/mol. The maximum Gasteiger partial charge on any atom is 0.259 e. The Hall–Kier alpha value is -3.42. The van der Waals surface area contributed by atoms with Gasteiger partial charge in [-0.25, -0.2) is 4.98 Å². The summed E-state index contributed by atoms with van der Waals surface area (Å²) in [5.41, 5.74) is 4.90. The van der Waals surface area contributed by atoms with E-state index < -0.39 is 0 Å². The van der Waals surface area contributed by atoms with Gasteiger partial charge in [-0.2, -0.15) is 5.10 Å². The second-order valence-corrected chi connectivity index (χ2v) is 9.22. The molecule has 0 radical (unpaired) electrons. The largest absolute Gasteiger partial charge is 0.370 e. The average Bonchev–Trinajstić information content (AvgIpc) is 3.48. The quantitative estimate of drug-likeness (QED) is 0.494. The van der Waals surface area contributed by atoms with Gasteiger partial charge >= 0.3 is 0 Å². The number of amides is 1.